The summed E-state index contributed by atoms with van der Waals surface area (Å²) in [5.74, 6) is 0.343. The molecule has 1 fully saturated rings. The summed E-state index contributed by atoms with van der Waals surface area (Å²) in [6.45, 7) is 2.58. The van der Waals surface area contributed by atoms with Gasteiger partial charge < -0.3 is 15.4 Å². The second kappa shape index (κ2) is 6.03. The maximum atomic E-state index is 13.7. The molecule has 16 heavy (non-hydrogen) atoms. The minimum Gasteiger partial charge on any atom is -0.497 e. The first-order valence-electron chi connectivity index (χ1n) is 5.09. The normalized spacial score (nSPS) is 20.0. The molecule has 0 bridgehead atoms. The molecule has 0 aromatic heterocycles. The first-order chi connectivity index (χ1) is 7.31. The Balaban J connectivity index is 0.00000128. The highest BCUT2D eigenvalue weighted by Gasteiger charge is 2.17. The molecule has 90 valence electrons. The number of piperazine rings is 1. The van der Waals surface area contributed by atoms with Gasteiger partial charge in [-0.3, -0.25) is 0 Å². The van der Waals surface area contributed by atoms with E-state index in [4.69, 9.17) is 4.74 Å². The summed E-state index contributed by atoms with van der Waals surface area (Å²) >= 11 is 0. The van der Waals surface area contributed by atoms with Crippen molar-refractivity contribution in [2.75, 3.05) is 26.7 Å². The van der Waals surface area contributed by atoms with Gasteiger partial charge in [0, 0.05) is 37.3 Å². The highest BCUT2D eigenvalue weighted by molar-refractivity contribution is 5.85. The third-order valence-electron chi connectivity index (χ3n) is 2.62. The van der Waals surface area contributed by atoms with Crippen molar-refractivity contribution in [2.24, 2.45) is 0 Å². The molecule has 0 amide bonds. The van der Waals surface area contributed by atoms with Crippen molar-refractivity contribution in [3.05, 3.63) is 29.6 Å². The Bertz CT molecular complexity index is 343. The van der Waals surface area contributed by atoms with Crippen LogP contribution in [0.2, 0.25) is 0 Å². The van der Waals surface area contributed by atoms with Gasteiger partial charge in [0.2, 0.25) is 0 Å². The topological polar surface area (TPSA) is 33.3 Å². The van der Waals surface area contributed by atoms with Crippen LogP contribution in [0.25, 0.3) is 0 Å². The van der Waals surface area contributed by atoms with Crippen LogP contribution in [-0.4, -0.2) is 26.7 Å². The molecule has 5 heteroatoms. The first kappa shape index (κ1) is 13.2. The van der Waals surface area contributed by atoms with Gasteiger partial charge >= 0.3 is 0 Å². The van der Waals surface area contributed by atoms with Gasteiger partial charge in [0.1, 0.15) is 11.6 Å². The SMILES string of the molecule is COc1ccc([C@@H]2CNCCN2)c(F)c1.Cl. The number of nitrogens with one attached hydrogen (secondary N) is 2. The molecule has 1 heterocycles. The number of hydrogen-bond acceptors (Lipinski definition) is 3. The summed E-state index contributed by atoms with van der Waals surface area (Å²) in [6.07, 6.45) is 0. The van der Waals surface area contributed by atoms with E-state index >= 15 is 0 Å². The van der Waals surface area contributed by atoms with Crippen LogP contribution in [-0.2, 0) is 0 Å². The monoisotopic (exact) mass is 246 g/mol. The molecule has 0 unspecified atom stereocenters. The minimum absolute atomic E-state index is 0. The van der Waals surface area contributed by atoms with Crippen molar-refractivity contribution in [3.8, 4) is 5.75 Å². The Morgan fingerprint density at radius 2 is 2.19 bits per heavy atom. The molecule has 0 radical (unpaired) electrons. The van der Waals surface area contributed by atoms with Crippen LogP contribution in [0.5, 0.6) is 5.75 Å². The summed E-state index contributed by atoms with van der Waals surface area (Å²) in [5.41, 5.74) is 0.697. The van der Waals surface area contributed by atoms with Crippen molar-refractivity contribution >= 4 is 12.4 Å². The zero-order valence-corrected chi connectivity index (χ0v) is 9.94. The number of ether oxygens (including phenoxy) is 1. The Labute approximate surface area is 101 Å². The van der Waals surface area contributed by atoms with Gasteiger partial charge in [0.05, 0.1) is 7.11 Å². The van der Waals surface area contributed by atoms with E-state index in [0.717, 1.165) is 19.6 Å². The van der Waals surface area contributed by atoms with E-state index in [0.29, 0.717) is 11.3 Å². The van der Waals surface area contributed by atoms with Crippen LogP contribution >= 0.6 is 12.4 Å². The standard InChI is InChI=1S/C11H15FN2O.ClH/c1-15-8-2-3-9(10(12)6-8)11-7-13-4-5-14-11;/h2-3,6,11,13-14H,4-5,7H2,1H3;1H/t11-;/m0./s1. The molecule has 0 spiro atoms. The fourth-order valence-corrected chi connectivity index (χ4v) is 1.79. The van der Waals surface area contributed by atoms with Crippen LogP contribution < -0.4 is 15.4 Å². The van der Waals surface area contributed by atoms with Gasteiger partial charge in [0.15, 0.2) is 0 Å². The third-order valence-corrected chi connectivity index (χ3v) is 2.62. The van der Waals surface area contributed by atoms with Crippen LogP contribution in [0, 0.1) is 5.82 Å². The van der Waals surface area contributed by atoms with Crippen molar-refractivity contribution in [1.29, 1.82) is 0 Å². The quantitative estimate of drug-likeness (QED) is 0.830. The number of rotatable bonds is 2. The Hall–Kier alpha value is -0.840. The van der Waals surface area contributed by atoms with E-state index in [1.54, 1.807) is 12.1 Å². The molecule has 2 rings (SSSR count). The summed E-state index contributed by atoms with van der Waals surface area (Å²) < 4.78 is 18.6. The number of methoxy groups -OCH3 is 1. The second-order valence-corrected chi connectivity index (χ2v) is 3.60. The smallest absolute Gasteiger partial charge is 0.131 e. The van der Waals surface area contributed by atoms with Crippen LogP contribution in [0.15, 0.2) is 18.2 Å². The lowest BCUT2D eigenvalue weighted by Crippen LogP contribution is -2.42. The highest BCUT2D eigenvalue weighted by Crippen LogP contribution is 2.22. The lowest BCUT2D eigenvalue weighted by molar-refractivity contribution is 0.401. The summed E-state index contributed by atoms with van der Waals surface area (Å²) in [6, 6.07) is 5.05. The van der Waals surface area contributed by atoms with Gasteiger partial charge in [-0.2, -0.15) is 0 Å². The molecule has 1 aliphatic heterocycles. The number of benzene rings is 1. The third kappa shape index (κ3) is 2.84. The van der Waals surface area contributed by atoms with Crippen molar-refractivity contribution in [3.63, 3.8) is 0 Å². The fraction of sp³-hybridized carbons (Fsp3) is 0.455. The second-order valence-electron chi connectivity index (χ2n) is 3.60. The predicted octanol–water partition coefficient (Wildman–Crippen LogP) is 1.49. The van der Waals surface area contributed by atoms with E-state index in [1.165, 1.54) is 13.2 Å². The van der Waals surface area contributed by atoms with Gasteiger partial charge in [-0.15, -0.1) is 12.4 Å². The number of halogens is 2. The van der Waals surface area contributed by atoms with E-state index < -0.39 is 0 Å². The fourth-order valence-electron chi connectivity index (χ4n) is 1.79. The molecule has 2 N–H and O–H groups in total. The summed E-state index contributed by atoms with van der Waals surface area (Å²) in [7, 11) is 1.54. The molecule has 1 aromatic carbocycles. The summed E-state index contributed by atoms with van der Waals surface area (Å²) in [5, 5.41) is 6.50. The maximum absolute atomic E-state index is 13.7. The zero-order valence-electron chi connectivity index (χ0n) is 9.13. The maximum Gasteiger partial charge on any atom is 0.131 e. The van der Waals surface area contributed by atoms with Gasteiger partial charge in [-0.25, -0.2) is 4.39 Å². The molecule has 3 nitrogen and oxygen atoms in total. The molecule has 1 aliphatic rings. The number of hydrogen-bond donors (Lipinski definition) is 2. The average molecular weight is 247 g/mol. The van der Waals surface area contributed by atoms with E-state index in [1.807, 2.05) is 0 Å². The lowest BCUT2D eigenvalue weighted by atomic mass is 10.0. The average Bonchev–Trinajstić information content (AvgIpc) is 2.30. The Kier molecular flexibility index (Phi) is 4.99. The summed E-state index contributed by atoms with van der Waals surface area (Å²) in [4.78, 5) is 0. The molecule has 1 saturated heterocycles. The first-order valence-corrected chi connectivity index (χ1v) is 5.09. The van der Waals surface area contributed by atoms with E-state index in [9.17, 15) is 4.39 Å². The lowest BCUT2D eigenvalue weighted by Gasteiger charge is -2.25. The largest absolute Gasteiger partial charge is 0.497 e. The predicted molar refractivity (Wildman–Crippen MR) is 63.8 cm³/mol. The van der Waals surface area contributed by atoms with E-state index in [-0.39, 0.29) is 24.3 Å². The van der Waals surface area contributed by atoms with Gasteiger partial charge in [0.25, 0.3) is 0 Å². The molecule has 0 saturated carbocycles. The molecular formula is C11H16ClFN2O. The van der Waals surface area contributed by atoms with E-state index in [2.05, 4.69) is 10.6 Å². The van der Waals surface area contributed by atoms with Gasteiger partial charge in [-0.05, 0) is 6.07 Å². The Morgan fingerprint density at radius 3 is 2.75 bits per heavy atom. The van der Waals surface area contributed by atoms with Crippen LogP contribution in [0.4, 0.5) is 4.39 Å². The van der Waals surface area contributed by atoms with Gasteiger partial charge in [-0.1, -0.05) is 6.07 Å². The van der Waals surface area contributed by atoms with Crippen LogP contribution in [0.3, 0.4) is 0 Å². The van der Waals surface area contributed by atoms with Crippen molar-refractivity contribution in [1.82, 2.24) is 10.6 Å². The minimum atomic E-state index is -0.212. The zero-order chi connectivity index (χ0) is 10.7. The molecule has 1 atom stereocenters. The van der Waals surface area contributed by atoms with Crippen LogP contribution in [0.1, 0.15) is 11.6 Å². The van der Waals surface area contributed by atoms with Crippen molar-refractivity contribution < 1.29 is 9.13 Å². The molecular weight excluding hydrogens is 231 g/mol. The molecule has 1 aromatic rings. The highest BCUT2D eigenvalue weighted by atomic mass is 35.5. The van der Waals surface area contributed by atoms with Crippen molar-refractivity contribution in [2.45, 2.75) is 6.04 Å². The molecule has 0 aliphatic carbocycles. The Morgan fingerprint density at radius 1 is 1.38 bits per heavy atom.